The van der Waals surface area contributed by atoms with Crippen LogP contribution in [0.15, 0.2) is 42.0 Å². The molecule has 3 heterocycles. The van der Waals surface area contributed by atoms with Crippen molar-refractivity contribution in [2.24, 2.45) is 5.92 Å². The fraction of sp³-hybridized carbons (Fsp3) is 0.533. The van der Waals surface area contributed by atoms with E-state index in [1.165, 1.54) is 16.2 Å². The maximum atomic E-state index is 14.6. The van der Waals surface area contributed by atoms with Crippen LogP contribution in [0.3, 0.4) is 0 Å². The first-order valence-electron chi connectivity index (χ1n) is 13.9. The van der Waals surface area contributed by atoms with Crippen molar-refractivity contribution in [1.29, 1.82) is 0 Å². The Balaban J connectivity index is 1.89. The van der Waals surface area contributed by atoms with E-state index in [0.717, 1.165) is 24.1 Å². The Morgan fingerprint density at radius 1 is 1.23 bits per heavy atom. The second kappa shape index (κ2) is 12.1. The molecular weight excluding hydrogens is 528 g/mol. The molecule has 2 aromatic heterocycles. The number of likely N-dealkylation sites (tertiary alicyclic amines) is 1. The zero-order chi connectivity index (χ0) is 29.1. The molecule has 1 fully saturated rings. The molecular formula is C30H40N4O5S. The van der Waals surface area contributed by atoms with Crippen molar-refractivity contribution in [3.8, 4) is 5.75 Å². The Morgan fingerprint density at radius 3 is 2.52 bits per heavy atom. The fourth-order valence-electron chi connectivity index (χ4n) is 5.92. The highest BCUT2D eigenvalue weighted by atomic mass is 32.1. The molecule has 1 aliphatic heterocycles. The van der Waals surface area contributed by atoms with E-state index in [-0.39, 0.29) is 36.8 Å². The average Bonchev–Trinajstić information content (AvgIpc) is 3.68. The summed E-state index contributed by atoms with van der Waals surface area (Å²) in [6.45, 7) is 11.0. The normalized spacial score (nSPS) is 21.1. The first kappa shape index (κ1) is 29.7. The number of aromatic nitrogens is 3. The van der Waals surface area contributed by atoms with E-state index in [1.54, 1.807) is 36.3 Å². The lowest BCUT2D eigenvalue weighted by Crippen LogP contribution is -2.56. The van der Waals surface area contributed by atoms with Gasteiger partial charge in [0.25, 0.3) is 5.91 Å². The van der Waals surface area contributed by atoms with Crippen LogP contribution in [0, 0.1) is 12.8 Å². The maximum Gasteiger partial charge on any atom is 0.331 e. The van der Waals surface area contributed by atoms with Crippen LogP contribution in [0.2, 0.25) is 0 Å². The molecule has 0 unspecified atom stereocenters. The number of carbonyl (C=O) groups excluding carboxylic acids is 1. The first-order valence-corrected chi connectivity index (χ1v) is 14.7. The molecule has 1 aromatic carbocycles. The molecule has 1 saturated heterocycles. The lowest BCUT2D eigenvalue weighted by atomic mass is 9.77. The molecule has 9 nitrogen and oxygen atoms in total. The van der Waals surface area contributed by atoms with Gasteiger partial charge in [0.05, 0.1) is 31.5 Å². The minimum absolute atomic E-state index is 0.00411. The Hall–Kier alpha value is -3.24. The van der Waals surface area contributed by atoms with Crippen LogP contribution in [0.4, 0.5) is 0 Å². The molecule has 1 amide bonds. The van der Waals surface area contributed by atoms with Gasteiger partial charge in [0.1, 0.15) is 10.8 Å². The summed E-state index contributed by atoms with van der Waals surface area (Å²) in [7, 11) is 1.59. The SMILES string of the molecule is CCOc1cc(C(=O)N2[C@@H](c3nccs3)[C@@H](COC)C[C@@]2(Cn2ccc(C)n2)C(=O)O)ccc1C(C)(CC)CC. The number of carbonyl (C=O) groups is 2. The number of aryl methyl sites for hydroxylation is 1. The van der Waals surface area contributed by atoms with E-state index in [1.807, 2.05) is 31.4 Å². The quantitative estimate of drug-likeness (QED) is 0.308. The van der Waals surface area contributed by atoms with Crippen molar-refractivity contribution in [2.45, 2.75) is 77.4 Å². The van der Waals surface area contributed by atoms with Crippen LogP contribution in [0.1, 0.15) is 79.6 Å². The van der Waals surface area contributed by atoms with Crippen LogP contribution >= 0.6 is 11.3 Å². The summed E-state index contributed by atoms with van der Waals surface area (Å²) in [4.78, 5) is 33.9. The number of carboxylic acid groups (broad SMARTS) is 1. The number of amides is 1. The second-order valence-electron chi connectivity index (χ2n) is 10.8. The molecule has 3 atom stereocenters. The summed E-state index contributed by atoms with van der Waals surface area (Å²) < 4.78 is 13.2. The number of rotatable bonds is 12. The van der Waals surface area contributed by atoms with Gasteiger partial charge in [-0.25, -0.2) is 9.78 Å². The predicted molar refractivity (Wildman–Crippen MR) is 154 cm³/mol. The number of ether oxygens (including phenoxy) is 2. The zero-order valence-corrected chi connectivity index (χ0v) is 25.0. The van der Waals surface area contributed by atoms with E-state index in [2.05, 4.69) is 30.9 Å². The number of carboxylic acids is 1. The minimum atomic E-state index is -1.57. The summed E-state index contributed by atoms with van der Waals surface area (Å²) >= 11 is 1.41. The van der Waals surface area contributed by atoms with Gasteiger partial charge in [0.2, 0.25) is 0 Å². The average molecular weight is 569 g/mol. The molecule has 0 bridgehead atoms. The van der Waals surface area contributed by atoms with Gasteiger partial charge in [-0.1, -0.05) is 26.8 Å². The smallest absolute Gasteiger partial charge is 0.331 e. The Morgan fingerprint density at radius 2 is 1.98 bits per heavy atom. The van der Waals surface area contributed by atoms with E-state index in [9.17, 15) is 14.7 Å². The van der Waals surface area contributed by atoms with Gasteiger partial charge in [-0.05, 0) is 56.7 Å². The fourth-order valence-corrected chi connectivity index (χ4v) is 6.74. The van der Waals surface area contributed by atoms with E-state index in [4.69, 9.17) is 9.47 Å². The lowest BCUT2D eigenvalue weighted by Gasteiger charge is -2.38. The third-order valence-corrected chi connectivity index (χ3v) is 9.27. The van der Waals surface area contributed by atoms with Crippen molar-refractivity contribution in [3.63, 3.8) is 0 Å². The molecule has 0 radical (unpaired) electrons. The lowest BCUT2D eigenvalue weighted by molar-refractivity contribution is -0.150. The zero-order valence-electron chi connectivity index (χ0n) is 24.2. The number of hydrogen-bond acceptors (Lipinski definition) is 7. The molecule has 10 heteroatoms. The molecule has 1 aliphatic rings. The highest BCUT2D eigenvalue weighted by Gasteiger charge is 2.60. The minimum Gasteiger partial charge on any atom is -0.494 e. The predicted octanol–water partition coefficient (Wildman–Crippen LogP) is 5.50. The van der Waals surface area contributed by atoms with Crippen molar-refractivity contribution in [3.05, 3.63) is 63.9 Å². The summed E-state index contributed by atoms with van der Waals surface area (Å²) in [5.41, 5.74) is 0.510. The van der Waals surface area contributed by atoms with Crippen molar-refractivity contribution in [1.82, 2.24) is 19.7 Å². The van der Waals surface area contributed by atoms with Crippen LogP contribution in [0.5, 0.6) is 5.75 Å². The Bertz CT molecular complexity index is 1320. The van der Waals surface area contributed by atoms with Crippen molar-refractivity contribution in [2.75, 3.05) is 20.3 Å². The molecule has 3 aromatic rings. The molecule has 0 saturated carbocycles. The topological polar surface area (TPSA) is 107 Å². The molecule has 1 N–H and O–H groups in total. The third-order valence-electron chi connectivity index (χ3n) is 8.42. The van der Waals surface area contributed by atoms with E-state index >= 15 is 0 Å². The highest BCUT2D eigenvalue weighted by molar-refractivity contribution is 7.09. The third kappa shape index (κ3) is 5.39. The summed E-state index contributed by atoms with van der Waals surface area (Å²) in [5, 5.41) is 17.8. The van der Waals surface area contributed by atoms with Crippen LogP contribution in [0.25, 0.3) is 0 Å². The van der Waals surface area contributed by atoms with Gasteiger partial charge in [0.15, 0.2) is 5.54 Å². The van der Waals surface area contributed by atoms with Gasteiger partial charge in [-0.15, -0.1) is 11.3 Å². The van der Waals surface area contributed by atoms with Crippen LogP contribution in [-0.4, -0.2) is 62.5 Å². The standard InChI is InChI=1S/C30H40N4O5S/c1-7-29(5,8-2)23-11-10-21(16-24(23)39-9-3)27(35)34-25(26-31-13-15-40-26)22(18-38-6)17-30(34,28(36)37)19-33-14-12-20(4)32-33/h10-16,22,25H,7-9,17-19H2,1-6H3,(H,36,37)/t22-,25-,30-/m1/s1. The summed E-state index contributed by atoms with van der Waals surface area (Å²) in [5.74, 6) is -1.09. The molecule has 4 rings (SSSR count). The largest absolute Gasteiger partial charge is 0.494 e. The first-order chi connectivity index (χ1) is 19.1. The van der Waals surface area contributed by atoms with Gasteiger partial charge >= 0.3 is 5.97 Å². The number of nitrogens with zero attached hydrogens (tertiary/aromatic N) is 4. The monoisotopic (exact) mass is 568 g/mol. The molecule has 216 valence electrons. The Kier molecular flexibility index (Phi) is 8.99. The van der Waals surface area contributed by atoms with Gasteiger partial charge in [0, 0.05) is 41.9 Å². The van der Waals surface area contributed by atoms with Gasteiger partial charge < -0.3 is 19.5 Å². The molecule has 0 spiro atoms. The highest BCUT2D eigenvalue weighted by Crippen LogP contribution is 2.49. The number of aliphatic carboxylic acids is 1. The Labute approximate surface area is 240 Å². The maximum absolute atomic E-state index is 14.6. The van der Waals surface area contributed by atoms with Gasteiger partial charge in [-0.3, -0.25) is 9.48 Å². The second-order valence-corrected chi connectivity index (χ2v) is 11.7. The van der Waals surface area contributed by atoms with E-state index in [0.29, 0.717) is 22.9 Å². The number of methoxy groups -OCH3 is 1. The number of benzene rings is 1. The van der Waals surface area contributed by atoms with E-state index < -0.39 is 17.6 Å². The summed E-state index contributed by atoms with van der Waals surface area (Å²) in [6.07, 6.45) is 5.47. The summed E-state index contributed by atoms with van der Waals surface area (Å²) in [6, 6.07) is 6.79. The van der Waals surface area contributed by atoms with Crippen molar-refractivity contribution >= 4 is 23.2 Å². The number of hydrogen-bond donors (Lipinski definition) is 1. The van der Waals surface area contributed by atoms with Gasteiger partial charge in [-0.2, -0.15) is 5.10 Å². The molecule has 40 heavy (non-hydrogen) atoms. The van der Waals surface area contributed by atoms with Crippen LogP contribution < -0.4 is 4.74 Å². The molecule has 0 aliphatic carbocycles. The number of thiazole rings is 1. The van der Waals surface area contributed by atoms with Crippen molar-refractivity contribution < 1.29 is 24.2 Å². The van der Waals surface area contributed by atoms with Crippen LogP contribution in [-0.2, 0) is 21.5 Å².